The van der Waals surface area contributed by atoms with E-state index in [9.17, 15) is 0 Å². The minimum Gasteiger partial charge on any atom is -0.337 e. The van der Waals surface area contributed by atoms with Gasteiger partial charge in [-0.3, -0.25) is 0 Å². The number of imidazole rings is 1. The van der Waals surface area contributed by atoms with E-state index in [1.54, 1.807) is 0 Å². The predicted molar refractivity (Wildman–Crippen MR) is 69.3 cm³/mol. The summed E-state index contributed by atoms with van der Waals surface area (Å²) >= 11 is 7.43. The van der Waals surface area contributed by atoms with Crippen molar-refractivity contribution < 1.29 is 0 Å². The molecule has 0 bridgehead atoms. The Labute approximate surface area is 100 Å². The molecule has 0 aromatic carbocycles. The minimum absolute atomic E-state index is 0.549. The van der Waals surface area contributed by atoms with Gasteiger partial charge >= 0.3 is 0 Å². The van der Waals surface area contributed by atoms with Gasteiger partial charge in [0, 0.05) is 17.9 Å². The predicted octanol–water partition coefficient (Wildman–Crippen LogP) is 3.74. The summed E-state index contributed by atoms with van der Waals surface area (Å²) in [5.41, 5.74) is 1.36. The average molecular weight is 242 g/mol. The molecule has 0 atom stereocenters. The van der Waals surface area contributed by atoms with Crippen molar-refractivity contribution in [2.24, 2.45) is 0 Å². The number of nitrogens with zero attached hydrogens (tertiary/aromatic N) is 1. The molecule has 0 radical (unpaired) electrons. The molecule has 2 heterocycles. The number of H-pyrrole nitrogens is 1. The molecule has 2 rings (SSSR count). The van der Waals surface area contributed by atoms with Crippen LogP contribution in [0.3, 0.4) is 0 Å². The molecule has 1 saturated heterocycles. The zero-order chi connectivity index (χ0) is 10.8. The van der Waals surface area contributed by atoms with Crippen LogP contribution in [0.1, 0.15) is 44.3 Å². The van der Waals surface area contributed by atoms with Crippen molar-refractivity contribution in [3.05, 3.63) is 16.7 Å². The van der Waals surface area contributed by atoms with Crippen molar-refractivity contribution in [3.63, 3.8) is 0 Å². The van der Waals surface area contributed by atoms with Gasteiger partial charge in [0.15, 0.2) is 4.77 Å². The first-order chi connectivity index (χ1) is 7.20. The van der Waals surface area contributed by atoms with Crippen molar-refractivity contribution in [2.45, 2.75) is 38.6 Å². The summed E-state index contributed by atoms with van der Waals surface area (Å²) in [5.74, 6) is 3.09. The van der Waals surface area contributed by atoms with Gasteiger partial charge in [0.1, 0.15) is 0 Å². The van der Waals surface area contributed by atoms with E-state index in [4.69, 9.17) is 12.2 Å². The second-order valence-electron chi connectivity index (χ2n) is 4.39. The number of hydrogen-bond donors (Lipinski definition) is 1. The molecule has 1 N–H and O–H groups in total. The molecule has 0 saturated carbocycles. The Bertz CT molecular complexity index is 372. The van der Waals surface area contributed by atoms with E-state index in [1.807, 2.05) is 0 Å². The third-order valence-corrected chi connectivity index (χ3v) is 4.35. The molecule has 15 heavy (non-hydrogen) atoms. The molecule has 4 heteroatoms. The van der Waals surface area contributed by atoms with Crippen LogP contribution in [0, 0.1) is 4.77 Å². The lowest BCUT2D eigenvalue weighted by atomic mass is 10.1. The molecule has 0 aliphatic carbocycles. The van der Waals surface area contributed by atoms with Gasteiger partial charge in [-0.2, -0.15) is 11.8 Å². The Morgan fingerprint density at radius 2 is 2.13 bits per heavy atom. The van der Waals surface area contributed by atoms with Crippen LogP contribution in [0.2, 0.25) is 0 Å². The van der Waals surface area contributed by atoms with Gasteiger partial charge in [-0.1, -0.05) is 13.8 Å². The molecule has 1 fully saturated rings. The lowest BCUT2D eigenvalue weighted by Crippen LogP contribution is -2.17. The third-order valence-electron chi connectivity index (χ3n) is 2.99. The van der Waals surface area contributed by atoms with Crippen molar-refractivity contribution in [3.8, 4) is 0 Å². The lowest BCUT2D eigenvalue weighted by Gasteiger charge is -2.25. The number of nitrogens with one attached hydrogen (secondary N) is 1. The molecule has 84 valence electrons. The second kappa shape index (κ2) is 4.74. The zero-order valence-electron chi connectivity index (χ0n) is 9.32. The van der Waals surface area contributed by atoms with Crippen LogP contribution in [0.4, 0.5) is 0 Å². The maximum atomic E-state index is 5.37. The number of thioether (sulfide) groups is 1. The Morgan fingerprint density at radius 1 is 1.47 bits per heavy atom. The summed E-state index contributed by atoms with van der Waals surface area (Å²) in [6.07, 6.45) is 4.60. The number of aromatic nitrogens is 2. The number of aromatic amines is 1. The van der Waals surface area contributed by atoms with Gasteiger partial charge in [0.2, 0.25) is 0 Å². The molecule has 1 aliphatic rings. The first kappa shape index (κ1) is 11.3. The number of hydrogen-bond acceptors (Lipinski definition) is 2. The van der Waals surface area contributed by atoms with Crippen molar-refractivity contribution in [1.29, 1.82) is 0 Å². The fourth-order valence-corrected chi connectivity index (χ4v) is 3.55. The molecule has 1 aromatic rings. The maximum absolute atomic E-state index is 5.37. The largest absolute Gasteiger partial charge is 0.337 e. The normalized spacial score (nSPS) is 18.6. The highest BCUT2D eigenvalue weighted by molar-refractivity contribution is 7.99. The average Bonchev–Trinajstić information content (AvgIpc) is 2.61. The van der Waals surface area contributed by atoms with Gasteiger partial charge in [-0.15, -0.1) is 0 Å². The Morgan fingerprint density at radius 3 is 2.73 bits per heavy atom. The summed E-state index contributed by atoms with van der Waals surface area (Å²) in [5, 5.41) is 0. The van der Waals surface area contributed by atoms with Gasteiger partial charge < -0.3 is 9.55 Å². The van der Waals surface area contributed by atoms with Crippen LogP contribution in [0.5, 0.6) is 0 Å². The van der Waals surface area contributed by atoms with Crippen molar-refractivity contribution in [1.82, 2.24) is 9.55 Å². The smallest absolute Gasteiger partial charge is 0.177 e. The van der Waals surface area contributed by atoms with Crippen LogP contribution in [0.15, 0.2) is 6.20 Å². The maximum Gasteiger partial charge on any atom is 0.177 e. The molecular weight excluding hydrogens is 224 g/mol. The van der Waals surface area contributed by atoms with E-state index in [-0.39, 0.29) is 0 Å². The van der Waals surface area contributed by atoms with Crippen LogP contribution in [-0.4, -0.2) is 21.1 Å². The molecule has 0 unspecified atom stereocenters. The van der Waals surface area contributed by atoms with Crippen molar-refractivity contribution >= 4 is 24.0 Å². The molecule has 0 spiro atoms. The Hall–Kier alpha value is -0.220. The van der Waals surface area contributed by atoms with Gasteiger partial charge in [0.05, 0.1) is 0 Å². The summed E-state index contributed by atoms with van der Waals surface area (Å²) in [6, 6.07) is 0.627. The van der Waals surface area contributed by atoms with E-state index in [0.29, 0.717) is 12.0 Å². The fraction of sp³-hybridized carbons (Fsp3) is 0.727. The van der Waals surface area contributed by atoms with Crippen LogP contribution < -0.4 is 0 Å². The molecule has 1 aliphatic heterocycles. The highest BCUT2D eigenvalue weighted by atomic mass is 32.2. The molecular formula is C11H18N2S2. The van der Waals surface area contributed by atoms with Crippen molar-refractivity contribution in [2.75, 3.05) is 11.5 Å². The van der Waals surface area contributed by atoms with Crippen LogP contribution >= 0.6 is 24.0 Å². The summed E-state index contributed by atoms with van der Waals surface area (Å²) < 4.78 is 3.25. The molecule has 2 nitrogen and oxygen atoms in total. The molecule has 0 amide bonds. The topological polar surface area (TPSA) is 20.7 Å². The fourth-order valence-electron chi connectivity index (χ4n) is 2.16. The summed E-state index contributed by atoms with van der Waals surface area (Å²) in [7, 11) is 0. The summed E-state index contributed by atoms with van der Waals surface area (Å²) in [4.78, 5) is 3.19. The van der Waals surface area contributed by atoms with Gasteiger partial charge in [-0.25, -0.2) is 0 Å². The minimum atomic E-state index is 0.549. The third kappa shape index (κ3) is 2.31. The van der Waals surface area contributed by atoms with E-state index >= 15 is 0 Å². The first-order valence-corrected chi connectivity index (χ1v) is 7.14. The lowest BCUT2D eigenvalue weighted by molar-refractivity contribution is 0.445. The van der Waals surface area contributed by atoms with Crippen LogP contribution in [-0.2, 0) is 0 Å². The first-order valence-electron chi connectivity index (χ1n) is 5.57. The van der Waals surface area contributed by atoms with E-state index in [0.717, 1.165) is 4.77 Å². The number of rotatable bonds is 2. The summed E-state index contributed by atoms with van der Waals surface area (Å²) in [6.45, 7) is 4.46. The van der Waals surface area contributed by atoms with Gasteiger partial charge in [-0.05, 0) is 42.5 Å². The van der Waals surface area contributed by atoms with E-state index in [2.05, 4.69) is 41.4 Å². The SMILES string of the molecule is CC(C)c1c[nH]c(=S)n1C1CCSCC1. The quantitative estimate of drug-likeness (QED) is 0.798. The van der Waals surface area contributed by atoms with Gasteiger partial charge in [0.25, 0.3) is 0 Å². The monoisotopic (exact) mass is 242 g/mol. The van der Waals surface area contributed by atoms with E-state index in [1.165, 1.54) is 30.0 Å². The zero-order valence-corrected chi connectivity index (χ0v) is 11.0. The van der Waals surface area contributed by atoms with E-state index < -0.39 is 0 Å². The highest BCUT2D eigenvalue weighted by Gasteiger charge is 2.19. The second-order valence-corrected chi connectivity index (χ2v) is 6.00. The Balaban J connectivity index is 2.32. The highest BCUT2D eigenvalue weighted by Crippen LogP contribution is 2.30. The standard InChI is InChI=1S/C11H18N2S2/c1-8(2)10-7-12-11(14)13(10)9-3-5-15-6-4-9/h7-9H,3-6H2,1-2H3,(H,12,14). The van der Waals surface area contributed by atoms with Crippen LogP contribution in [0.25, 0.3) is 0 Å². The molecule has 1 aromatic heterocycles. The Kier molecular flexibility index (Phi) is 3.57.